The van der Waals surface area contributed by atoms with Gasteiger partial charge in [0.2, 0.25) is 0 Å². The molecule has 2 atom stereocenters. The van der Waals surface area contributed by atoms with Gasteiger partial charge in [0.15, 0.2) is 11.9 Å². The highest BCUT2D eigenvalue weighted by atomic mass is 16.5. The lowest BCUT2D eigenvalue weighted by atomic mass is 10.0. The summed E-state index contributed by atoms with van der Waals surface area (Å²) in [6.45, 7) is 10.4. The third-order valence-corrected chi connectivity index (χ3v) is 3.91. The van der Waals surface area contributed by atoms with Gasteiger partial charge in [-0.3, -0.25) is 0 Å². The smallest absolute Gasteiger partial charge is 0.267 e. The number of ether oxygens (including phenoxy) is 1. The fourth-order valence-electron chi connectivity index (χ4n) is 2.35. The van der Waals surface area contributed by atoms with Gasteiger partial charge < -0.3 is 14.6 Å². The number of aryl methyl sites for hydroxylation is 1. The molecule has 0 bridgehead atoms. The van der Waals surface area contributed by atoms with E-state index in [1.807, 2.05) is 14.0 Å². The number of nitrogens with one attached hydrogen (secondary N) is 1. The second-order valence-corrected chi connectivity index (χ2v) is 6.40. The molecular weight excluding hydrogens is 290 g/mol. The van der Waals surface area contributed by atoms with Gasteiger partial charge in [0, 0.05) is 12.5 Å². The van der Waals surface area contributed by atoms with Crippen molar-refractivity contribution in [3.63, 3.8) is 0 Å². The maximum Gasteiger partial charge on any atom is 0.267 e. The minimum atomic E-state index is -0.277. The Morgan fingerprint density at radius 3 is 2.61 bits per heavy atom. The van der Waals surface area contributed by atoms with E-state index in [-0.39, 0.29) is 6.10 Å². The molecule has 1 aromatic heterocycles. The van der Waals surface area contributed by atoms with Crippen LogP contribution >= 0.6 is 0 Å². The topological polar surface area (TPSA) is 60.2 Å². The molecule has 1 N–H and O–H groups in total. The Kier molecular flexibility index (Phi) is 5.77. The van der Waals surface area contributed by atoms with E-state index in [0.717, 1.165) is 12.2 Å². The summed E-state index contributed by atoms with van der Waals surface area (Å²) in [5.74, 6) is 2.49. The third-order valence-electron chi connectivity index (χ3n) is 3.91. The first-order chi connectivity index (χ1) is 10.9. The molecule has 1 aromatic carbocycles. The van der Waals surface area contributed by atoms with E-state index in [2.05, 4.69) is 61.4 Å². The Bertz CT molecular complexity index is 637. The molecule has 5 nitrogen and oxygen atoms in total. The fourth-order valence-corrected chi connectivity index (χ4v) is 2.35. The third kappa shape index (κ3) is 4.55. The minimum absolute atomic E-state index is 0.277. The average molecular weight is 317 g/mol. The van der Waals surface area contributed by atoms with Gasteiger partial charge in [-0.15, -0.1) is 0 Å². The van der Waals surface area contributed by atoms with Crippen molar-refractivity contribution in [2.45, 2.75) is 59.1 Å². The standard InChI is InChI=1S/C18H27N3O2/c1-11(2)15-8-7-12(3)9-16(15)22-14(5)18-20-17(21-23-18)10-13(4)19-6/h7-9,11,13-14,19H,10H2,1-6H3. The Morgan fingerprint density at radius 2 is 1.96 bits per heavy atom. The molecule has 23 heavy (non-hydrogen) atoms. The van der Waals surface area contributed by atoms with Gasteiger partial charge in [0.25, 0.3) is 5.89 Å². The molecular formula is C18H27N3O2. The van der Waals surface area contributed by atoms with Crippen molar-refractivity contribution in [2.24, 2.45) is 0 Å². The van der Waals surface area contributed by atoms with Gasteiger partial charge in [-0.2, -0.15) is 4.98 Å². The largest absolute Gasteiger partial charge is 0.481 e. The van der Waals surface area contributed by atoms with Gasteiger partial charge in [-0.05, 0) is 50.9 Å². The maximum atomic E-state index is 6.11. The van der Waals surface area contributed by atoms with Crippen LogP contribution in [0.2, 0.25) is 0 Å². The lowest BCUT2D eigenvalue weighted by Crippen LogP contribution is -2.24. The van der Waals surface area contributed by atoms with Gasteiger partial charge >= 0.3 is 0 Å². The summed E-state index contributed by atoms with van der Waals surface area (Å²) < 4.78 is 11.5. The second-order valence-electron chi connectivity index (χ2n) is 6.40. The first-order valence-electron chi connectivity index (χ1n) is 8.17. The van der Waals surface area contributed by atoms with Crippen molar-refractivity contribution in [3.8, 4) is 5.75 Å². The Balaban J connectivity index is 2.13. The Morgan fingerprint density at radius 1 is 1.22 bits per heavy atom. The highest BCUT2D eigenvalue weighted by Gasteiger charge is 2.19. The van der Waals surface area contributed by atoms with Crippen LogP contribution in [-0.2, 0) is 6.42 Å². The molecule has 0 fully saturated rings. The van der Waals surface area contributed by atoms with Crippen LogP contribution < -0.4 is 10.1 Å². The summed E-state index contributed by atoms with van der Waals surface area (Å²) in [5, 5.41) is 7.20. The van der Waals surface area contributed by atoms with Gasteiger partial charge in [-0.1, -0.05) is 31.1 Å². The summed E-state index contributed by atoms with van der Waals surface area (Å²) in [6, 6.07) is 6.60. The van der Waals surface area contributed by atoms with Crippen LogP contribution in [0.25, 0.3) is 0 Å². The molecule has 2 unspecified atom stereocenters. The second kappa shape index (κ2) is 7.59. The number of hydrogen-bond acceptors (Lipinski definition) is 5. The molecule has 0 aliphatic carbocycles. The summed E-state index contributed by atoms with van der Waals surface area (Å²) in [7, 11) is 1.92. The predicted molar refractivity (Wildman–Crippen MR) is 90.8 cm³/mol. The van der Waals surface area contributed by atoms with E-state index in [9.17, 15) is 0 Å². The zero-order valence-electron chi connectivity index (χ0n) is 14.9. The monoisotopic (exact) mass is 317 g/mol. The number of nitrogens with zero attached hydrogens (tertiary/aromatic N) is 2. The molecule has 0 radical (unpaired) electrons. The molecule has 0 aliphatic heterocycles. The molecule has 126 valence electrons. The van der Waals surface area contributed by atoms with E-state index < -0.39 is 0 Å². The zero-order valence-corrected chi connectivity index (χ0v) is 14.9. The van der Waals surface area contributed by atoms with Crippen LogP contribution in [0.4, 0.5) is 0 Å². The van der Waals surface area contributed by atoms with Crippen LogP contribution in [0.1, 0.15) is 62.6 Å². The van der Waals surface area contributed by atoms with E-state index in [4.69, 9.17) is 9.26 Å². The highest BCUT2D eigenvalue weighted by molar-refractivity contribution is 5.39. The van der Waals surface area contributed by atoms with Crippen LogP contribution in [0, 0.1) is 6.92 Å². The molecule has 0 spiro atoms. The zero-order chi connectivity index (χ0) is 17.0. The van der Waals surface area contributed by atoms with Crippen LogP contribution in [-0.4, -0.2) is 23.2 Å². The Labute approximate surface area is 138 Å². The van der Waals surface area contributed by atoms with Crippen molar-refractivity contribution in [2.75, 3.05) is 7.05 Å². The van der Waals surface area contributed by atoms with Crippen molar-refractivity contribution >= 4 is 0 Å². The number of rotatable bonds is 7. The first-order valence-corrected chi connectivity index (χ1v) is 8.17. The summed E-state index contributed by atoms with van der Waals surface area (Å²) in [6.07, 6.45) is 0.453. The summed E-state index contributed by atoms with van der Waals surface area (Å²) in [4.78, 5) is 4.45. The van der Waals surface area contributed by atoms with E-state index in [0.29, 0.717) is 23.7 Å². The van der Waals surface area contributed by atoms with E-state index in [1.54, 1.807) is 0 Å². The minimum Gasteiger partial charge on any atom is -0.481 e. The summed E-state index contributed by atoms with van der Waals surface area (Å²) in [5.41, 5.74) is 2.36. The fraction of sp³-hybridized carbons (Fsp3) is 0.556. The molecule has 0 saturated carbocycles. The van der Waals surface area contributed by atoms with E-state index in [1.165, 1.54) is 11.1 Å². The quantitative estimate of drug-likeness (QED) is 0.842. The van der Waals surface area contributed by atoms with Crippen molar-refractivity contribution in [3.05, 3.63) is 41.0 Å². The SMILES string of the molecule is CNC(C)Cc1noc(C(C)Oc2cc(C)ccc2C(C)C)n1. The molecule has 2 aromatic rings. The van der Waals surface area contributed by atoms with Crippen LogP contribution in [0.5, 0.6) is 5.75 Å². The number of benzene rings is 1. The summed E-state index contributed by atoms with van der Waals surface area (Å²) >= 11 is 0. The lowest BCUT2D eigenvalue weighted by Gasteiger charge is -2.17. The molecule has 0 saturated heterocycles. The average Bonchev–Trinajstić information content (AvgIpc) is 2.95. The van der Waals surface area contributed by atoms with Gasteiger partial charge in [0.1, 0.15) is 5.75 Å². The Hall–Kier alpha value is -1.88. The number of hydrogen-bond donors (Lipinski definition) is 1. The lowest BCUT2D eigenvalue weighted by molar-refractivity contribution is 0.173. The first kappa shape index (κ1) is 17.5. The van der Waals surface area contributed by atoms with Crippen molar-refractivity contribution in [1.29, 1.82) is 0 Å². The van der Waals surface area contributed by atoms with Crippen LogP contribution in [0.3, 0.4) is 0 Å². The molecule has 1 heterocycles. The predicted octanol–water partition coefficient (Wildman–Crippen LogP) is 3.79. The van der Waals surface area contributed by atoms with Gasteiger partial charge in [0.05, 0.1) is 0 Å². The highest BCUT2D eigenvalue weighted by Crippen LogP contribution is 2.30. The van der Waals surface area contributed by atoms with Crippen LogP contribution in [0.15, 0.2) is 22.7 Å². The molecule has 2 rings (SSSR count). The van der Waals surface area contributed by atoms with E-state index >= 15 is 0 Å². The normalized spacial score (nSPS) is 14.0. The molecule has 0 amide bonds. The van der Waals surface area contributed by atoms with Crippen molar-refractivity contribution < 1.29 is 9.26 Å². The molecule has 0 aliphatic rings. The number of aromatic nitrogens is 2. The van der Waals surface area contributed by atoms with Gasteiger partial charge in [-0.25, -0.2) is 0 Å². The molecule has 5 heteroatoms. The maximum absolute atomic E-state index is 6.11. The number of likely N-dealkylation sites (N-methyl/N-ethyl adjacent to an activating group) is 1. The van der Waals surface area contributed by atoms with Crippen molar-refractivity contribution in [1.82, 2.24) is 15.5 Å².